The van der Waals surface area contributed by atoms with Gasteiger partial charge in [-0.15, -0.1) is 0 Å². The fourth-order valence-corrected chi connectivity index (χ4v) is 5.70. The summed E-state index contributed by atoms with van der Waals surface area (Å²) < 4.78 is 0. The van der Waals surface area contributed by atoms with E-state index in [0.29, 0.717) is 17.9 Å². The predicted molar refractivity (Wildman–Crippen MR) is 112 cm³/mol. The van der Waals surface area contributed by atoms with Crippen LogP contribution in [0.4, 0.5) is 4.79 Å². The van der Waals surface area contributed by atoms with Gasteiger partial charge in [0.05, 0.1) is 6.54 Å². The zero-order chi connectivity index (χ0) is 20.4. The number of amides is 2. The Kier molecular flexibility index (Phi) is 6.09. The molecule has 2 aliphatic carbocycles. The number of carboxylic acid groups (broad SMARTS) is 1. The van der Waals surface area contributed by atoms with Crippen molar-refractivity contribution < 1.29 is 14.7 Å². The highest BCUT2D eigenvalue weighted by atomic mass is 16.4. The molecule has 3 aliphatic rings. The Bertz CT molecular complexity index is 719. The van der Waals surface area contributed by atoms with Crippen LogP contribution in [0.25, 0.3) is 0 Å². The molecule has 6 heteroatoms. The lowest BCUT2D eigenvalue weighted by Crippen LogP contribution is -2.57. The molecule has 0 aromatic heterocycles. The summed E-state index contributed by atoms with van der Waals surface area (Å²) in [5.41, 5.74) is 1.36. The Morgan fingerprint density at radius 1 is 1.17 bits per heavy atom. The minimum absolute atomic E-state index is 0.0741. The van der Waals surface area contributed by atoms with Crippen LogP contribution < -0.4 is 5.32 Å². The molecule has 3 atom stereocenters. The highest BCUT2D eigenvalue weighted by Crippen LogP contribution is 2.44. The van der Waals surface area contributed by atoms with Crippen molar-refractivity contribution in [1.29, 1.82) is 0 Å². The first kappa shape index (κ1) is 20.2. The standard InChI is InChI=1S/C23H33N3O3/c1-2-25(15-22(27)28)18-12-17(13-18)24-23(29)26-14-20(16-8-4-3-5-9-16)19-10-6-7-11-21(19)26/h3-5,8-9,17-21H,2,6-7,10-15H2,1H3,(H,24,29)(H,27,28). The minimum atomic E-state index is -0.785. The third kappa shape index (κ3) is 4.27. The van der Waals surface area contributed by atoms with Gasteiger partial charge >= 0.3 is 12.0 Å². The van der Waals surface area contributed by atoms with Crippen LogP contribution in [0.15, 0.2) is 30.3 Å². The van der Waals surface area contributed by atoms with E-state index in [1.165, 1.54) is 24.8 Å². The minimum Gasteiger partial charge on any atom is -0.480 e. The highest BCUT2D eigenvalue weighted by Gasteiger charge is 2.46. The molecule has 2 amide bonds. The molecule has 0 radical (unpaired) electrons. The lowest BCUT2D eigenvalue weighted by atomic mass is 9.77. The molecule has 0 spiro atoms. The first-order chi connectivity index (χ1) is 14.1. The molecule has 1 aromatic rings. The Labute approximate surface area is 173 Å². The van der Waals surface area contributed by atoms with E-state index in [1.54, 1.807) is 0 Å². The molecule has 29 heavy (non-hydrogen) atoms. The van der Waals surface area contributed by atoms with E-state index in [4.69, 9.17) is 5.11 Å². The van der Waals surface area contributed by atoms with E-state index in [-0.39, 0.29) is 24.7 Å². The van der Waals surface area contributed by atoms with E-state index in [1.807, 2.05) is 11.8 Å². The van der Waals surface area contributed by atoms with Crippen LogP contribution >= 0.6 is 0 Å². The van der Waals surface area contributed by atoms with Crippen molar-refractivity contribution in [1.82, 2.24) is 15.1 Å². The number of hydrogen-bond acceptors (Lipinski definition) is 3. The van der Waals surface area contributed by atoms with E-state index in [9.17, 15) is 9.59 Å². The fourth-order valence-electron chi connectivity index (χ4n) is 5.70. The molecule has 1 saturated heterocycles. The second-order valence-corrected chi connectivity index (χ2v) is 8.91. The maximum atomic E-state index is 13.1. The van der Waals surface area contributed by atoms with Crippen LogP contribution in [-0.4, -0.2) is 64.7 Å². The number of benzene rings is 1. The molecular formula is C23H33N3O3. The van der Waals surface area contributed by atoms with Crippen LogP contribution in [-0.2, 0) is 4.79 Å². The van der Waals surface area contributed by atoms with Crippen molar-refractivity contribution in [2.45, 2.75) is 69.5 Å². The lowest BCUT2D eigenvalue weighted by Gasteiger charge is -2.43. The van der Waals surface area contributed by atoms with Gasteiger partial charge in [0.1, 0.15) is 0 Å². The predicted octanol–water partition coefficient (Wildman–Crippen LogP) is 3.29. The number of carboxylic acids is 1. The molecule has 1 aliphatic heterocycles. The summed E-state index contributed by atoms with van der Waals surface area (Å²) >= 11 is 0. The van der Waals surface area contributed by atoms with Gasteiger partial charge in [-0.2, -0.15) is 0 Å². The quantitative estimate of drug-likeness (QED) is 0.770. The number of likely N-dealkylation sites (N-methyl/N-ethyl adjacent to an activating group) is 1. The van der Waals surface area contributed by atoms with Gasteiger partial charge in [0, 0.05) is 30.6 Å². The number of nitrogens with zero attached hydrogens (tertiary/aromatic N) is 2. The Morgan fingerprint density at radius 3 is 2.59 bits per heavy atom. The SMILES string of the molecule is CCN(CC(=O)O)C1CC(NC(=O)N2CC(c3ccccc3)C3CCCCC32)C1. The van der Waals surface area contributed by atoms with Crippen molar-refractivity contribution in [2.24, 2.45) is 5.92 Å². The largest absolute Gasteiger partial charge is 0.480 e. The molecule has 3 unspecified atom stereocenters. The Morgan fingerprint density at radius 2 is 1.90 bits per heavy atom. The third-order valence-electron chi connectivity index (χ3n) is 7.28. The average Bonchev–Trinajstić information content (AvgIpc) is 3.09. The number of fused-ring (bicyclic) bond motifs is 1. The molecule has 4 rings (SSSR count). The molecule has 158 valence electrons. The number of likely N-dealkylation sites (tertiary alicyclic amines) is 1. The molecule has 0 bridgehead atoms. The van der Waals surface area contributed by atoms with Crippen LogP contribution in [0.1, 0.15) is 56.9 Å². The van der Waals surface area contributed by atoms with Crippen LogP contribution in [0.5, 0.6) is 0 Å². The first-order valence-corrected chi connectivity index (χ1v) is 11.1. The van der Waals surface area contributed by atoms with Gasteiger partial charge in [-0.1, -0.05) is 50.1 Å². The van der Waals surface area contributed by atoms with Gasteiger partial charge in [0.15, 0.2) is 0 Å². The van der Waals surface area contributed by atoms with Gasteiger partial charge in [0.2, 0.25) is 0 Å². The normalized spacial score (nSPS) is 31.2. The second-order valence-electron chi connectivity index (χ2n) is 8.91. The molecule has 2 saturated carbocycles. The summed E-state index contributed by atoms with van der Waals surface area (Å²) in [6, 6.07) is 11.5. The summed E-state index contributed by atoms with van der Waals surface area (Å²) in [6.07, 6.45) is 6.48. The zero-order valence-electron chi connectivity index (χ0n) is 17.3. The van der Waals surface area contributed by atoms with Gasteiger partial charge in [-0.25, -0.2) is 4.79 Å². The van der Waals surface area contributed by atoms with Crippen LogP contribution in [0, 0.1) is 5.92 Å². The van der Waals surface area contributed by atoms with Gasteiger partial charge in [0.25, 0.3) is 0 Å². The summed E-state index contributed by atoms with van der Waals surface area (Å²) in [5.74, 6) is 0.219. The fraction of sp³-hybridized carbons (Fsp3) is 0.652. The summed E-state index contributed by atoms with van der Waals surface area (Å²) in [6.45, 7) is 3.61. The van der Waals surface area contributed by atoms with Crippen LogP contribution in [0.3, 0.4) is 0 Å². The second kappa shape index (κ2) is 8.74. The number of aliphatic carboxylic acids is 1. The molecule has 6 nitrogen and oxygen atoms in total. The Hall–Kier alpha value is -2.08. The number of carbonyl (C=O) groups excluding carboxylic acids is 1. The summed E-state index contributed by atoms with van der Waals surface area (Å²) in [7, 11) is 0. The number of carbonyl (C=O) groups is 2. The molecule has 2 N–H and O–H groups in total. The van der Waals surface area contributed by atoms with Gasteiger partial charge in [-0.3, -0.25) is 9.69 Å². The Balaban J connectivity index is 1.36. The number of hydrogen-bond donors (Lipinski definition) is 2. The van der Waals surface area contributed by atoms with E-state index < -0.39 is 5.97 Å². The van der Waals surface area contributed by atoms with Crippen molar-refractivity contribution in [3.8, 4) is 0 Å². The monoisotopic (exact) mass is 399 g/mol. The highest BCUT2D eigenvalue weighted by molar-refractivity contribution is 5.76. The summed E-state index contributed by atoms with van der Waals surface area (Å²) in [5, 5.41) is 12.3. The van der Waals surface area contributed by atoms with Crippen molar-refractivity contribution >= 4 is 12.0 Å². The number of rotatable bonds is 6. The van der Waals surface area contributed by atoms with Gasteiger partial charge < -0.3 is 15.3 Å². The molecule has 1 heterocycles. The van der Waals surface area contributed by atoms with E-state index in [0.717, 1.165) is 32.4 Å². The molecule has 1 aromatic carbocycles. The number of nitrogens with one attached hydrogen (secondary N) is 1. The zero-order valence-corrected chi connectivity index (χ0v) is 17.3. The number of urea groups is 1. The summed E-state index contributed by atoms with van der Waals surface area (Å²) in [4.78, 5) is 28.2. The van der Waals surface area contributed by atoms with Crippen molar-refractivity contribution in [3.05, 3.63) is 35.9 Å². The average molecular weight is 400 g/mol. The first-order valence-electron chi connectivity index (χ1n) is 11.1. The molecule has 3 fully saturated rings. The maximum absolute atomic E-state index is 13.1. The van der Waals surface area contributed by atoms with Crippen molar-refractivity contribution in [3.63, 3.8) is 0 Å². The third-order valence-corrected chi connectivity index (χ3v) is 7.28. The maximum Gasteiger partial charge on any atom is 0.317 e. The van der Waals surface area contributed by atoms with Crippen LogP contribution in [0.2, 0.25) is 0 Å². The smallest absolute Gasteiger partial charge is 0.317 e. The van der Waals surface area contributed by atoms with E-state index in [2.05, 4.69) is 40.5 Å². The molecular weight excluding hydrogens is 366 g/mol. The lowest BCUT2D eigenvalue weighted by molar-refractivity contribution is -0.139. The van der Waals surface area contributed by atoms with Gasteiger partial charge in [-0.05, 0) is 43.7 Å². The topological polar surface area (TPSA) is 72.9 Å². The van der Waals surface area contributed by atoms with E-state index >= 15 is 0 Å². The van der Waals surface area contributed by atoms with Crippen molar-refractivity contribution in [2.75, 3.05) is 19.6 Å².